The molecule has 1 aliphatic rings. The van der Waals surface area contributed by atoms with Crippen LogP contribution in [-0.4, -0.2) is 66.1 Å². The smallest absolute Gasteiger partial charge is 0.247 e. The number of rotatable bonds is 7. The Morgan fingerprint density at radius 3 is 2.68 bits per heavy atom. The molecule has 1 aliphatic heterocycles. The van der Waals surface area contributed by atoms with E-state index < -0.39 is 0 Å². The molecule has 8 nitrogen and oxygen atoms in total. The third kappa shape index (κ3) is 5.43. The minimum absolute atomic E-state index is 0.00609. The Labute approximate surface area is 164 Å². The fourth-order valence-corrected chi connectivity index (χ4v) is 2.92. The first-order valence-corrected chi connectivity index (χ1v) is 9.33. The van der Waals surface area contributed by atoms with Gasteiger partial charge in [-0.2, -0.15) is 0 Å². The molecule has 1 aromatic heterocycles. The van der Waals surface area contributed by atoms with E-state index in [9.17, 15) is 9.59 Å². The lowest BCUT2D eigenvalue weighted by atomic mass is 10.2. The van der Waals surface area contributed by atoms with Crippen LogP contribution in [-0.2, 0) is 14.3 Å². The van der Waals surface area contributed by atoms with E-state index in [1.165, 1.54) is 11.0 Å². The molecule has 0 unspecified atom stereocenters. The summed E-state index contributed by atoms with van der Waals surface area (Å²) in [5.74, 6) is -0.459. The number of likely N-dealkylation sites (N-methyl/N-ethyl adjacent to an activating group) is 1. The Hall–Kier alpha value is -3.13. The molecule has 2 N–H and O–H groups in total. The third-order valence-corrected chi connectivity index (χ3v) is 4.48. The number of anilines is 2. The maximum absolute atomic E-state index is 12.3. The molecule has 0 atom stereocenters. The SMILES string of the molecule is CCN(CC(=O)Nc1ccc(N2CCOCC2)cc1)C(=O)/C=C/c1cnc[nH]1. The molecule has 0 bridgehead atoms. The predicted octanol–water partition coefficient (Wildman–Crippen LogP) is 1.75. The van der Waals surface area contributed by atoms with Crippen molar-refractivity contribution in [2.45, 2.75) is 6.92 Å². The van der Waals surface area contributed by atoms with Crippen molar-refractivity contribution in [2.75, 3.05) is 49.6 Å². The van der Waals surface area contributed by atoms with Gasteiger partial charge in [0.05, 0.1) is 31.4 Å². The van der Waals surface area contributed by atoms with E-state index in [4.69, 9.17) is 4.74 Å². The lowest BCUT2D eigenvalue weighted by molar-refractivity contribution is -0.130. The summed E-state index contributed by atoms with van der Waals surface area (Å²) in [5, 5.41) is 2.85. The zero-order valence-corrected chi connectivity index (χ0v) is 15.9. The normalized spacial score (nSPS) is 14.2. The summed E-state index contributed by atoms with van der Waals surface area (Å²) < 4.78 is 5.36. The maximum Gasteiger partial charge on any atom is 0.247 e. The van der Waals surface area contributed by atoms with Gasteiger partial charge in [0.25, 0.3) is 0 Å². The Morgan fingerprint density at radius 2 is 2.04 bits per heavy atom. The quantitative estimate of drug-likeness (QED) is 0.711. The summed E-state index contributed by atoms with van der Waals surface area (Å²) >= 11 is 0. The monoisotopic (exact) mass is 383 g/mol. The van der Waals surface area contributed by atoms with Crippen LogP contribution < -0.4 is 10.2 Å². The van der Waals surface area contributed by atoms with Gasteiger partial charge in [-0.3, -0.25) is 9.59 Å². The Balaban J connectivity index is 1.52. The number of carbonyl (C=O) groups is 2. The van der Waals surface area contributed by atoms with Gasteiger partial charge < -0.3 is 24.8 Å². The fraction of sp³-hybridized carbons (Fsp3) is 0.350. The van der Waals surface area contributed by atoms with Crippen molar-refractivity contribution < 1.29 is 14.3 Å². The van der Waals surface area contributed by atoms with E-state index in [1.54, 1.807) is 18.6 Å². The van der Waals surface area contributed by atoms with Gasteiger partial charge in [-0.25, -0.2) is 4.98 Å². The summed E-state index contributed by atoms with van der Waals surface area (Å²) in [7, 11) is 0. The first kappa shape index (κ1) is 19.6. The molecule has 0 saturated carbocycles. The van der Waals surface area contributed by atoms with Crippen LogP contribution in [0.5, 0.6) is 0 Å². The number of hydrogen-bond acceptors (Lipinski definition) is 5. The van der Waals surface area contributed by atoms with Gasteiger partial charge in [-0.15, -0.1) is 0 Å². The molecule has 2 amide bonds. The zero-order valence-electron chi connectivity index (χ0n) is 15.9. The molecule has 3 rings (SSSR count). The zero-order chi connectivity index (χ0) is 19.8. The second-order valence-electron chi connectivity index (χ2n) is 6.39. The molecular formula is C20H25N5O3. The number of nitrogens with one attached hydrogen (secondary N) is 2. The molecule has 148 valence electrons. The van der Waals surface area contributed by atoms with Gasteiger partial charge in [0.1, 0.15) is 6.54 Å². The van der Waals surface area contributed by atoms with Crippen molar-refractivity contribution in [1.82, 2.24) is 14.9 Å². The largest absolute Gasteiger partial charge is 0.378 e. The van der Waals surface area contributed by atoms with E-state index in [0.717, 1.165) is 37.7 Å². The molecule has 2 aromatic rings. The van der Waals surface area contributed by atoms with Crippen LogP contribution in [0.15, 0.2) is 42.9 Å². The average Bonchev–Trinajstić information content (AvgIpc) is 3.25. The first-order chi connectivity index (χ1) is 13.7. The number of aromatic amines is 1. The van der Waals surface area contributed by atoms with E-state index in [-0.39, 0.29) is 18.4 Å². The van der Waals surface area contributed by atoms with Crippen molar-refractivity contribution in [3.05, 3.63) is 48.6 Å². The molecule has 1 saturated heterocycles. The van der Waals surface area contributed by atoms with E-state index in [0.29, 0.717) is 12.2 Å². The minimum atomic E-state index is -0.232. The number of ether oxygens (including phenoxy) is 1. The summed E-state index contributed by atoms with van der Waals surface area (Å²) in [6.45, 7) is 5.47. The summed E-state index contributed by atoms with van der Waals surface area (Å²) in [4.78, 5) is 35.1. The van der Waals surface area contributed by atoms with Crippen molar-refractivity contribution in [3.8, 4) is 0 Å². The first-order valence-electron chi connectivity index (χ1n) is 9.33. The van der Waals surface area contributed by atoms with Crippen LogP contribution in [0.2, 0.25) is 0 Å². The number of H-pyrrole nitrogens is 1. The van der Waals surface area contributed by atoms with Crippen LogP contribution in [0.1, 0.15) is 12.6 Å². The van der Waals surface area contributed by atoms with Gasteiger partial charge >= 0.3 is 0 Å². The number of morpholine rings is 1. The number of amides is 2. The highest BCUT2D eigenvalue weighted by Gasteiger charge is 2.14. The number of benzene rings is 1. The van der Waals surface area contributed by atoms with Crippen LogP contribution in [0, 0.1) is 0 Å². The Kier molecular flexibility index (Phi) is 6.80. The van der Waals surface area contributed by atoms with Gasteiger partial charge in [-0.1, -0.05) is 0 Å². The van der Waals surface area contributed by atoms with Crippen molar-refractivity contribution in [1.29, 1.82) is 0 Å². The van der Waals surface area contributed by atoms with E-state index in [2.05, 4.69) is 20.2 Å². The number of hydrogen-bond donors (Lipinski definition) is 2. The van der Waals surface area contributed by atoms with Crippen molar-refractivity contribution in [3.63, 3.8) is 0 Å². The predicted molar refractivity (Wildman–Crippen MR) is 108 cm³/mol. The lowest BCUT2D eigenvalue weighted by Crippen LogP contribution is -2.37. The van der Waals surface area contributed by atoms with Crippen LogP contribution in [0.3, 0.4) is 0 Å². The fourth-order valence-electron chi connectivity index (χ4n) is 2.92. The number of carbonyl (C=O) groups excluding carboxylic acids is 2. The molecule has 1 aromatic carbocycles. The minimum Gasteiger partial charge on any atom is -0.378 e. The third-order valence-electron chi connectivity index (χ3n) is 4.48. The van der Waals surface area contributed by atoms with Crippen LogP contribution in [0.4, 0.5) is 11.4 Å². The van der Waals surface area contributed by atoms with Gasteiger partial charge in [0.15, 0.2) is 0 Å². The van der Waals surface area contributed by atoms with E-state index >= 15 is 0 Å². The maximum atomic E-state index is 12.3. The number of nitrogens with zero attached hydrogens (tertiary/aromatic N) is 3. The van der Waals surface area contributed by atoms with Gasteiger partial charge in [0.2, 0.25) is 11.8 Å². The molecule has 1 fully saturated rings. The second kappa shape index (κ2) is 9.70. The summed E-state index contributed by atoms with van der Waals surface area (Å²) in [6, 6.07) is 7.71. The van der Waals surface area contributed by atoms with Crippen LogP contribution in [0.25, 0.3) is 6.08 Å². The summed E-state index contributed by atoms with van der Waals surface area (Å²) in [5.41, 5.74) is 2.54. The lowest BCUT2D eigenvalue weighted by Gasteiger charge is -2.29. The second-order valence-corrected chi connectivity index (χ2v) is 6.39. The molecular weight excluding hydrogens is 358 g/mol. The van der Waals surface area contributed by atoms with E-state index in [1.807, 2.05) is 31.2 Å². The molecule has 8 heteroatoms. The molecule has 28 heavy (non-hydrogen) atoms. The van der Waals surface area contributed by atoms with Crippen molar-refractivity contribution >= 4 is 29.3 Å². The summed E-state index contributed by atoms with van der Waals surface area (Å²) in [6.07, 6.45) is 6.23. The molecule has 0 radical (unpaired) electrons. The topological polar surface area (TPSA) is 90.6 Å². The highest BCUT2D eigenvalue weighted by Crippen LogP contribution is 2.19. The standard InChI is InChI=1S/C20H25N5O3/c1-2-24(20(27)8-5-17-13-21-15-22-17)14-19(26)23-16-3-6-18(7-4-16)25-9-11-28-12-10-25/h3-8,13,15H,2,9-12,14H2,1H3,(H,21,22)(H,23,26)/b8-5+. The molecule has 2 heterocycles. The Morgan fingerprint density at radius 1 is 1.29 bits per heavy atom. The molecule has 0 aliphatic carbocycles. The number of imidazole rings is 1. The van der Waals surface area contributed by atoms with Crippen molar-refractivity contribution in [2.24, 2.45) is 0 Å². The molecule has 0 spiro atoms. The van der Waals surface area contributed by atoms with Crippen LogP contribution >= 0.6 is 0 Å². The number of aromatic nitrogens is 2. The highest BCUT2D eigenvalue weighted by atomic mass is 16.5. The highest BCUT2D eigenvalue weighted by molar-refractivity contribution is 5.98. The van der Waals surface area contributed by atoms with Gasteiger partial charge in [0, 0.05) is 37.1 Å². The van der Waals surface area contributed by atoms with Gasteiger partial charge in [-0.05, 0) is 37.3 Å². The Bertz CT molecular complexity index is 796. The average molecular weight is 383 g/mol.